The van der Waals surface area contributed by atoms with Crippen molar-refractivity contribution in [3.63, 3.8) is 0 Å². The first kappa shape index (κ1) is 10.6. The molecule has 0 fully saturated rings. The molecule has 2 unspecified atom stereocenters. The molecular weight excluding hydrogens is 208 g/mol. The molecule has 2 atom stereocenters. The van der Waals surface area contributed by atoms with Crippen molar-refractivity contribution in [2.24, 2.45) is 5.92 Å². The Morgan fingerprint density at radius 2 is 2.33 bits per heavy atom. The number of rotatable bonds is 2. The highest BCUT2D eigenvalue weighted by Crippen LogP contribution is 2.43. The number of hydrogen-bond acceptors (Lipinski definition) is 2. The van der Waals surface area contributed by atoms with Gasteiger partial charge in [0.2, 0.25) is 0 Å². The fourth-order valence-electron chi connectivity index (χ4n) is 1.93. The molecule has 0 aromatic heterocycles. The van der Waals surface area contributed by atoms with E-state index in [1.807, 2.05) is 0 Å². The van der Waals surface area contributed by atoms with Crippen LogP contribution in [0, 0.1) is 12.8 Å². The average molecular weight is 222 g/mol. The highest BCUT2D eigenvalue weighted by Gasteiger charge is 2.31. The van der Waals surface area contributed by atoms with E-state index in [-0.39, 0.29) is 11.8 Å². The van der Waals surface area contributed by atoms with Crippen LogP contribution in [-0.2, 0) is 4.79 Å². The van der Waals surface area contributed by atoms with Crippen molar-refractivity contribution in [2.45, 2.75) is 24.7 Å². The molecular formula is C12H14O2S. The minimum Gasteiger partial charge on any atom is -0.481 e. The molecule has 0 spiro atoms. The summed E-state index contributed by atoms with van der Waals surface area (Å²) in [4.78, 5) is 12.2. The van der Waals surface area contributed by atoms with Gasteiger partial charge in [0.15, 0.2) is 0 Å². The molecule has 1 aliphatic rings. The van der Waals surface area contributed by atoms with Gasteiger partial charge in [-0.2, -0.15) is 0 Å². The van der Waals surface area contributed by atoms with E-state index in [4.69, 9.17) is 5.11 Å². The molecule has 0 aliphatic carbocycles. The molecule has 2 rings (SSSR count). The quantitative estimate of drug-likeness (QED) is 0.836. The molecule has 15 heavy (non-hydrogen) atoms. The van der Waals surface area contributed by atoms with Gasteiger partial charge in [-0.1, -0.05) is 24.6 Å². The molecule has 1 heterocycles. The van der Waals surface area contributed by atoms with Crippen LogP contribution in [0.3, 0.4) is 0 Å². The van der Waals surface area contributed by atoms with Crippen molar-refractivity contribution >= 4 is 17.7 Å². The lowest BCUT2D eigenvalue weighted by Gasteiger charge is -2.15. The van der Waals surface area contributed by atoms with Gasteiger partial charge < -0.3 is 5.11 Å². The predicted octanol–water partition coefficient (Wildman–Crippen LogP) is 2.91. The predicted molar refractivity (Wildman–Crippen MR) is 61.4 cm³/mol. The van der Waals surface area contributed by atoms with E-state index in [9.17, 15) is 4.79 Å². The number of carboxylic acids is 1. The van der Waals surface area contributed by atoms with E-state index in [2.05, 4.69) is 25.1 Å². The Morgan fingerprint density at radius 1 is 1.60 bits per heavy atom. The molecule has 0 saturated heterocycles. The third-order valence-electron chi connectivity index (χ3n) is 2.98. The maximum Gasteiger partial charge on any atom is 0.306 e. The second-order valence-corrected chi connectivity index (χ2v) is 5.15. The third kappa shape index (κ3) is 1.88. The number of fused-ring (bicyclic) bond motifs is 1. The summed E-state index contributed by atoms with van der Waals surface area (Å²) in [6.07, 6.45) is 0. The van der Waals surface area contributed by atoms with E-state index in [0.717, 1.165) is 5.75 Å². The first-order valence-electron chi connectivity index (χ1n) is 5.05. The van der Waals surface area contributed by atoms with Crippen LogP contribution in [0.15, 0.2) is 23.1 Å². The van der Waals surface area contributed by atoms with Crippen LogP contribution in [0.1, 0.15) is 24.0 Å². The minimum absolute atomic E-state index is 0.170. The number of carboxylic acid groups (broad SMARTS) is 1. The Bertz CT molecular complexity index is 401. The molecule has 0 amide bonds. The van der Waals surface area contributed by atoms with Crippen LogP contribution < -0.4 is 0 Å². The molecule has 1 aromatic rings. The summed E-state index contributed by atoms with van der Waals surface area (Å²) in [5, 5.41) is 9.01. The van der Waals surface area contributed by atoms with E-state index in [1.165, 1.54) is 16.0 Å². The zero-order chi connectivity index (χ0) is 11.0. The Hall–Kier alpha value is -0.960. The Morgan fingerprint density at radius 3 is 3.00 bits per heavy atom. The van der Waals surface area contributed by atoms with E-state index >= 15 is 0 Å². The van der Waals surface area contributed by atoms with Gasteiger partial charge in [-0.15, -0.1) is 11.8 Å². The summed E-state index contributed by atoms with van der Waals surface area (Å²) in [5.74, 6) is 0.0743. The van der Waals surface area contributed by atoms with Crippen molar-refractivity contribution in [2.75, 3.05) is 5.75 Å². The zero-order valence-electron chi connectivity index (χ0n) is 8.86. The number of benzene rings is 1. The van der Waals surface area contributed by atoms with Gasteiger partial charge in [0.05, 0.1) is 5.92 Å². The lowest BCUT2D eigenvalue weighted by atomic mass is 9.89. The van der Waals surface area contributed by atoms with Crippen molar-refractivity contribution in [3.8, 4) is 0 Å². The van der Waals surface area contributed by atoms with Crippen molar-refractivity contribution < 1.29 is 9.90 Å². The standard InChI is InChI=1S/C12H14O2S/c1-7-3-4-9-10(8(2)12(13)14)6-15-11(9)5-7/h3-5,8,10H,6H2,1-2H3,(H,13,14). The Balaban J connectivity index is 2.32. The second kappa shape index (κ2) is 3.89. The largest absolute Gasteiger partial charge is 0.481 e. The number of carbonyl (C=O) groups is 1. The number of aliphatic carboxylic acids is 1. The molecule has 0 saturated carbocycles. The molecule has 3 heteroatoms. The minimum atomic E-state index is -0.700. The van der Waals surface area contributed by atoms with Crippen LogP contribution in [0.5, 0.6) is 0 Å². The third-order valence-corrected chi connectivity index (χ3v) is 4.17. The smallest absolute Gasteiger partial charge is 0.306 e. The summed E-state index contributed by atoms with van der Waals surface area (Å²) in [7, 11) is 0. The molecule has 1 N–H and O–H groups in total. The van der Waals surface area contributed by atoms with Gasteiger partial charge in [0.1, 0.15) is 0 Å². The lowest BCUT2D eigenvalue weighted by Crippen LogP contribution is -2.18. The van der Waals surface area contributed by atoms with Gasteiger partial charge in [0.25, 0.3) is 0 Å². The lowest BCUT2D eigenvalue weighted by molar-refractivity contribution is -0.141. The van der Waals surface area contributed by atoms with Crippen molar-refractivity contribution in [3.05, 3.63) is 29.3 Å². The molecule has 80 valence electrons. The van der Waals surface area contributed by atoms with E-state index < -0.39 is 5.97 Å². The highest BCUT2D eigenvalue weighted by molar-refractivity contribution is 7.99. The number of hydrogen-bond donors (Lipinski definition) is 1. The van der Waals surface area contributed by atoms with Gasteiger partial charge in [0, 0.05) is 16.6 Å². The van der Waals surface area contributed by atoms with Crippen LogP contribution in [-0.4, -0.2) is 16.8 Å². The monoisotopic (exact) mass is 222 g/mol. The van der Waals surface area contributed by atoms with Gasteiger partial charge in [-0.25, -0.2) is 0 Å². The summed E-state index contributed by atoms with van der Waals surface area (Å²) in [5.41, 5.74) is 2.45. The molecule has 1 aromatic carbocycles. The first-order valence-corrected chi connectivity index (χ1v) is 6.04. The maximum absolute atomic E-state index is 11.0. The molecule has 2 nitrogen and oxygen atoms in total. The Kier molecular flexibility index (Phi) is 2.74. The first-order chi connectivity index (χ1) is 7.09. The summed E-state index contributed by atoms with van der Waals surface area (Å²) in [6.45, 7) is 3.86. The van der Waals surface area contributed by atoms with E-state index in [0.29, 0.717) is 0 Å². The second-order valence-electron chi connectivity index (χ2n) is 4.09. The van der Waals surface area contributed by atoms with Crippen molar-refractivity contribution in [1.82, 2.24) is 0 Å². The van der Waals surface area contributed by atoms with E-state index in [1.54, 1.807) is 18.7 Å². The van der Waals surface area contributed by atoms with Crippen molar-refractivity contribution in [1.29, 1.82) is 0 Å². The van der Waals surface area contributed by atoms with Gasteiger partial charge >= 0.3 is 5.97 Å². The summed E-state index contributed by atoms with van der Waals surface area (Å²) >= 11 is 1.77. The Labute approximate surface area is 93.7 Å². The van der Waals surface area contributed by atoms with Gasteiger partial charge in [-0.05, 0) is 18.6 Å². The fourth-order valence-corrected chi connectivity index (χ4v) is 3.41. The highest BCUT2D eigenvalue weighted by atomic mass is 32.2. The maximum atomic E-state index is 11.0. The fraction of sp³-hybridized carbons (Fsp3) is 0.417. The topological polar surface area (TPSA) is 37.3 Å². The molecule has 0 bridgehead atoms. The van der Waals surface area contributed by atoms with Crippen LogP contribution >= 0.6 is 11.8 Å². The molecule has 1 aliphatic heterocycles. The van der Waals surface area contributed by atoms with Crippen LogP contribution in [0.4, 0.5) is 0 Å². The summed E-state index contributed by atoms with van der Waals surface area (Å²) in [6, 6.07) is 6.29. The molecule has 0 radical (unpaired) electrons. The number of thioether (sulfide) groups is 1. The van der Waals surface area contributed by atoms with Crippen LogP contribution in [0.25, 0.3) is 0 Å². The summed E-state index contributed by atoms with van der Waals surface area (Å²) < 4.78 is 0. The number of aryl methyl sites for hydroxylation is 1. The SMILES string of the molecule is Cc1ccc2c(c1)SCC2C(C)C(=O)O. The zero-order valence-corrected chi connectivity index (χ0v) is 9.67. The normalized spacial score (nSPS) is 21.1. The van der Waals surface area contributed by atoms with Crippen LogP contribution in [0.2, 0.25) is 0 Å². The average Bonchev–Trinajstić information content (AvgIpc) is 2.59. The van der Waals surface area contributed by atoms with Gasteiger partial charge in [-0.3, -0.25) is 4.79 Å².